The maximum absolute atomic E-state index is 12.2. The number of halogens is 1. The molecule has 0 unspecified atom stereocenters. The van der Waals surface area contributed by atoms with Crippen LogP contribution in [0.5, 0.6) is 5.75 Å². The summed E-state index contributed by atoms with van der Waals surface area (Å²) in [4.78, 5) is 14.0. The smallest absolute Gasteiger partial charge is 0.244 e. The first-order valence-electron chi connectivity index (χ1n) is 7.38. The molecule has 1 amide bonds. The molecule has 23 heavy (non-hydrogen) atoms. The lowest BCUT2D eigenvalue weighted by Crippen LogP contribution is -2.60. The molecule has 1 aliphatic heterocycles. The van der Waals surface area contributed by atoms with Crippen molar-refractivity contribution in [1.29, 1.82) is 0 Å². The number of hydrogen-bond donors (Lipinski definition) is 1. The molecule has 2 heterocycles. The highest BCUT2D eigenvalue weighted by molar-refractivity contribution is 6.30. The van der Waals surface area contributed by atoms with Crippen LogP contribution in [0.2, 0.25) is 5.02 Å². The molecule has 0 spiro atoms. The summed E-state index contributed by atoms with van der Waals surface area (Å²) >= 11 is 5.85. The van der Waals surface area contributed by atoms with Crippen LogP contribution < -0.4 is 10.5 Å². The number of aromatic nitrogens is 2. The van der Waals surface area contributed by atoms with E-state index in [1.807, 2.05) is 17.0 Å². The molecular formula is C16H19ClN4O2. The van der Waals surface area contributed by atoms with E-state index in [-0.39, 0.29) is 17.9 Å². The van der Waals surface area contributed by atoms with Gasteiger partial charge in [-0.25, -0.2) is 0 Å². The first-order valence-corrected chi connectivity index (χ1v) is 7.75. The zero-order valence-electron chi connectivity index (χ0n) is 12.9. The van der Waals surface area contributed by atoms with E-state index in [1.165, 1.54) is 6.20 Å². The van der Waals surface area contributed by atoms with Gasteiger partial charge in [0.1, 0.15) is 12.3 Å². The Morgan fingerprint density at radius 3 is 2.70 bits per heavy atom. The highest BCUT2D eigenvalue weighted by Crippen LogP contribution is 2.31. The molecule has 7 heteroatoms. The van der Waals surface area contributed by atoms with E-state index in [2.05, 4.69) is 12.0 Å². The molecule has 0 bridgehead atoms. The second-order valence-corrected chi connectivity index (χ2v) is 6.71. The third kappa shape index (κ3) is 3.76. The number of carbonyl (C=O) groups is 1. The number of hydrogen-bond acceptors (Lipinski definition) is 4. The van der Waals surface area contributed by atoms with Crippen LogP contribution >= 0.6 is 11.6 Å². The van der Waals surface area contributed by atoms with Crippen molar-refractivity contribution in [3.8, 4) is 5.75 Å². The number of carbonyl (C=O) groups excluding carboxylic acids is 1. The van der Waals surface area contributed by atoms with Gasteiger partial charge in [0.2, 0.25) is 5.91 Å². The molecule has 1 saturated heterocycles. The standard InChI is InChI=1S/C16H19ClN4O2/c1-16(11-23-14-4-2-12(17)3-5-14)9-20(10-16)15(22)8-21-7-13(18)6-19-21/h2-7H,8-11,18H2,1H3. The molecule has 0 saturated carbocycles. The summed E-state index contributed by atoms with van der Waals surface area (Å²) in [6, 6.07) is 7.28. The largest absolute Gasteiger partial charge is 0.493 e. The van der Waals surface area contributed by atoms with Crippen molar-refractivity contribution in [2.75, 3.05) is 25.4 Å². The Bertz CT molecular complexity index is 692. The van der Waals surface area contributed by atoms with E-state index < -0.39 is 0 Å². The third-order valence-corrected chi connectivity index (χ3v) is 4.10. The van der Waals surface area contributed by atoms with Crippen LogP contribution in [-0.2, 0) is 11.3 Å². The molecule has 1 aromatic carbocycles. The summed E-state index contributed by atoms with van der Waals surface area (Å²) in [6.45, 7) is 4.24. The molecule has 2 aromatic rings. The van der Waals surface area contributed by atoms with Crippen molar-refractivity contribution in [3.63, 3.8) is 0 Å². The number of nitrogen functional groups attached to an aromatic ring is 1. The van der Waals surface area contributed by atoms with Crippen molar-refractivity contribution in [3.05, 3.63) is 41.7 Å². The molecule has 6 nitrogen and oxygen atoms in total. The van der Waals surface area contributed by atoms with Gasteiger partial charge in [-0.3, -0.25) is 9.48 Å². The van der Waals surface area contributed by atoms with Gasteiger partial charge in [0.15, 0.2) is 0 Å². The first-order chi connectivity index (χ1) is 10.9. The van der Waals surface area contributed by atoms with E-state index in [0.717, 1.165) is 5.75 Å². The van der Waals surface area contributed by atoms with Gasteiger partial charge < -0.3 is 15.4 Å². The second-order valence-electron chi connectivity index (χ2n) is 6.27. The average molecular weight is 335 g/mol. The molecule has 0 aliphatic carbocycles. The number of amides is 1. The monoisotopic (exact) mass is 334 g/mol. The summed E-state index contributed by atoms with van der Waals surface area (Å²) in [5.41, 5.74) is 6.12. The minimum absolute atomic E-state index is 0.0293. The molecule has 3 rings (SSSR count). The van der Waals surface area contributed by atoms with E-state index >= 15 is 0 Å². The lowest BCUT2D eigenvalue weighted by Gasteiger charge is -2.47. The van der Waals surface area contributed by atoms with Gasteiger partial charge in [0.05, 0.1) is 18.5 Å². The molecule has 1 aliphatic rings. The van der Waals surface area contributed by atoms with E-state index in [4.69, 9.17) is 22.1 Å². The third-order valence-electron chi connectivity index (χ3n) is 3.85. The SMILES string of the molecule is CC1(COc2ccc(Cl)cc2)CN(C(=O)Cn2cc(N)cn2)C1. The van der Waals surface area contributed by atoms with E-state index in [9.17, 15) is 4.79 Å². The van der Waals surface area contributed by atoms with Gasteiger partial charge in [-0.15, -0.1) is 0 Å². The summed E-state index contributed by atoms with van der Waals surface area (Å²) < 4.78 is 7.34. The van der Waals surface area contributed by atoms with Crippen LogP contribution in [0.25, 0.3) is 0 Å². The molecule has 1 aromatic heterocycles. The quantitative estimate of drug-likeness (QED) is 0.908. The Kier molecular flexibility index (Phi) is 4.17. The number of likely N-dealkylation sites (tertiary alicyclic amines) is 1. The Morgan fingerprint density at radius 1 is 1.39 bits per heavy atom. The van der Waals surface area contributed by atoms with Gasteiger partial charge in [-0.05, 0) is 24.3 Å². The fourth-order valence-corrected chi connectivity index (χ4v) is 2.76. The zero-order valence-corrected chi connectivity index (χ0v) is 13.7. The zero-order chi connectivity index (χ0) is 16.4. The fraction of sp³-hybridized carbons (Fsp3) is 0.375. The second kappa shape index (κ2) is 6.12. The van der Waals surface area contributed by atoms with Crippen molar-refractivity contribution in [2.45, 2.75) is 13.5 Å². The number of ether oxygens (including phenoxy) is 1. The lowest BCUT2D eigenvalue weighted by molar-refractivity contribution is -0.145. The highest BCUT2D eigenvalue weighted by Gasteiger charge is 2.41. The molecule has 0 atom stereocenters. The average Bonchev–Trinajstić information content (AvgIpc) is 2.89. The summed E-state index contributed by atoms with van der Waals surface area (Å²) in [6.07, 6.45) is 3.19. The Balaban J connectivity index is 1.47. The van der Waals surface area contributed by atoms with Crippen LogP contribution in [0.3, 0.4) is 0 Å². The predicted molar refractivity (Wildman–Crippen MR) is 88.3 cm³/mol. The summed E-state index contributed by atoms with van der Waals surface area (Å²) in [7, 11) is 0. The minimum atomic E-state index is -0.0293. The van der Waals surface area contributed by atoms with Gasteiger partial charge in [0.25, 0.3) is 0 Å². The highest BCUT2D eigenvalue weighted by atomic mass is 35.5. The molecule has 122 valence electrons. The van der Waals surface area contributed by atoms with E-state index in [0.29, 0.717) is 30.4 Å². The maximum atomic E-state index is 12.2. The van der Waals surface area contributed by atoms with Crippen LogP contribution in [0, 0.1) is 5.41 Å². The molecule has 1 fully saturated rings. The summed E-state index contributed by atoms with van der Waals surface area (Å²) in [5.74, 6) is 0.824. The van der Waals surface area contributed by atoms with Crippen LogP contribution in [0.15, 0.2) is 36.7 Å². The molecular weight excluding hydrogens is 316 g/mol. The number of anilines is 1. The Labute approximate surface area is 139 Å². The van der Waals surface area contributed by atoms with Crippen LogP contribution in [0.4, 0.5) is 5.69 Å². The number of benzene rings is 1. The maximum Gasteiger partial charge on any atom is 0.244 e. The predicted octanol–water partition coefficient (Wildman–Crippen LogP) is 2.05. The number of rotatable bonds is 5. The van der Waals surface area contributed by atoms with Gasteiger partial charge >= 0.3 is 0 Å². The van der Waals surface area contributed by atoms with Gasteiger partial charge in [-0.2, -0.15) is 5.10 Å². The van der Waals surface area contributed by atoms with Crippen molar-refractivity contribution in [2.24, 2.45) is 5.41 Å². The molecule has 0 radical (unpaired) electrons. The van der Waals surface area contributed by atoms with Crippen molar-refractivity contribution < 1.29 is 9.53 Å². The minimum Gasteiger partial charge on any atom is -0.493 e. The Morgan fingerprint density at radius 2 is 2.09 bits per heavy atom. The van der Waals surface area contributed by atoms with Gasteiger partial charge in [0, 0.05) is 29.7 Å². The van der Waals surface area contributed by atoms with E-state index in [1.54, 1.807) is 23.0 Å². The Hall–Kier alpha value is -2.21. The van der Waals surface area contributed by atoms with Crippen molar-refractivity contribution in [1.82, 2.24) is 14.7 Å². The van der Waals surface area contributed by atoms with Crippen LogP contribution in [-0.4, -0.2) is 40.3 Å². The first kappa shape index (κ1) is 15.7. The normalized spacial score (nSPS) is 16.0. The van der Waals surface area contributed by atoms with Crippen LogP contribution in [0.1, 0.15) is 6.92 Å². The summed E-state index contributed by atoms with van der Waals surface area (Å²) in [5, 5.41) is 4.71. The van der Waals surface area contributed by atoms with Gasteiger partial charge in [-0.1, -0.05) is 18.5 Å². The lowest BCUT2D eigenvalue weighted by atomic mass is 9.83. The molecule has 2 N–H and O–H groups in total. The fourth-order valence-electron chi connectivity index (χ4n) is 2.64. The number of nitrogens with two attached hydrogens (primary N) is 1. The number of nitrogens with zero attached hydrogens (tertiary/aromatic N) is 3. The topological polar surface area (TPSA) is 73.4 Å². The van der Waals surface area contributed by atoms with Crippen molar-refractivity contribution >= 4 is 23.2 Å².